The summed E-state index contributed by atoms with van der Waals surface area (Å²) < 4.78 is 7.09. The lowest BCUT2D eigenvalue weighted by atomic mass is 10.1. The summed E-state index contributed by atoms with van der Waals surface area (Å²) in [6.07, 6.45) is 3.06. The van der Waals surface area contributed by atoms with Gasteiger partial charge in [-0.15, -0.1) is 0 Å². The van der Waals surface area contributed by atoms with Crippen LogP contribution in [0.25, 0.3) is 11.2 Å². The second-order valence-corrected chi connectivity index (χ2v) is 6.31. The third-order valence-corrected chi connectivity index (χ3v) is 4.58. The highest BCUT2D eigenvalue weighted by molar-refractivity contribution is 5.82. The van der Waals surface area contributed by atoms with Crippen molar-refractivity contribution >= 4 is 17.0 Å². The summed E-state index contributed by atoms with van der Waals surface area (Å²) >= 11 is 0. The Morgan fingerprint density at radius 3 is 2.81 bits per heavy atom. The van der Waals surface area contributed by atoms with Crippen LogP contribution in [0.15, 0.2) is 37.2 Å². The van der Waals surface area contributed by atoms with Crippen molar-refractivity contribution in [1.29, 1.82) is 0 Å². The van der Waals surface area contributed by atoms with E-state index in [1.165, 1.54) is 17.2 Å². The number of aliphatic hydroxyl groups is 3. The molecule has 1 fully saturated rings. The fourth-order valence-electron chi connectivity index (χ4n) is 3.15. The number of imidazole rings is 1. The lowest BCUT2D eigenvalue weighted by Crippen LogP contribution is -2.33. The van der Waals surface area contributed by atoms with E-state index in [1.54, 1.807) is 6.20 Å². The number of nitrogens with zero attached hydrogens (tertiary/aromatic N) is 5. The van der Waals surface area contributed by atoms with E-state index in [1.807, 2.05) is 18.3 Å². The molecule has 3 aromatic rings. The molecular formula is C17H20N6O4. The minimum atomic E-state index is -1.20. The summed E-state index contributed by atoms with van der Waals surface area (Å²) in [5.74, 6) is 0.564. The number of fused-ring (bicyclic) bond motifs is 1. The van der Waals surface area contributed by atoms with Crippen LogP contribution < -0.4 is 5.32 Å². The van der Waals surface area contributed by atoms with E-state index < -0.39 is 31.1 Å². The average Bonchev–Trinajstić information content (AvgIpc) is 3.25. The molecule has 1 aliphatic rings. The van der Waals surface area contributed by atoms with Crippen molar-refractivity contribution in [2.45, 2.75) is 31.0 Å². The third-order valence-electron chi connectivity index (χ3n) is 4.58. The minimum absolute atomic E-state index is 0.391. The summed E-state index contributed by atoms with van der Waals surface area (Å²) in [5, 5.41) is 32.7. The molecule has 27 heavy (non-hydrogen) atoms. The Bertz CT molecular complexity index is 905. The number of ether oxygens (including phenoxy) is 1. The van der Waals surface area contributed by atoms with Crippen molar-refractivity contribution < 1.29 is 20.1 Å². The Morgan fingerprint density at radius 2 is 2.07 bits per heavy atom. The van der Waals surface area contributed by atoms with Gasteiger partial charge in [-0.05, 0) is 18.1 Å². The largest absolute Gasteiger partial charge is 0.394 e. The van der Waals surface area contributed by atoms with Gasteiger partial charge in [-0.2, -0.15) is 0 Å². The Hall–Kier alpha value is -2.66. The molecule has 4 heterocycles. The van der Waals surface area contributed by atoms with Crippen molar-refractivity contribution in [2.75, 3.05) is 18.5 Å². The summed E-state index contributed by atoms with van der Waals surface area (Å²) in [6.45, 7) is 0.246. The van der Waals surface area contributed by atoms with E-state index in [4.69, 9.17) is 4.74 Å². The van der Waals surface area contributed by atoms with Gasteiger partial charge in [0.2, 0.25) is 0 Å². The summed E-state index contributed by atoms with van der Waals surface area (Å²) in [5.41, 5.74) is 2.09. The van der Waals surface area contributed by atoms with Crippen LogP contribution in [-0.2, 0) is 11.2 Å². The molecule has 10 nitrogen and oxygen atoms in total. The number of hydrogen-bond donors (Lipinski definition) is 4. The van der Waals surface area contributed by atoms with Crippen LogP contribution in [0, 0.1) is 0 Å². The summed E-state index contributed by atoms with van der Waals surface area (Å²) in [7, 11) is 0. The molecular weight excluding hydrogens is 352 g/mol. The van der Waals surface area contributed by atoms with Gasteiger partial charge in [0, 0.05) is 18.9 Å². The van der Waals surface area contributed by atoms with Crippen LogP contribution >= 0.6 is 0 Å². The highest BCUT2D eigenvalue weighted by atomic mass is 16.6. The first kappa shape index (κ1) is 17.7. The lowest BCUT2D eigenvalue weighted by molar-refractivity contribution is -0.0511. The van der Waals surface area contributed by atoms with E-state index in [0.29, 0.717) is 23.5 Å². The summed E-state index contributed by atoms with van der Waals surface area (Å²) in [4.78, 5) is 16.9. The van der Waals surface area contributed by atoms with Crippen molar-refractivity contribution in [3.8, 4) is 0 Å². The zero-order chi connectivity index (χ0) is 18.8. The molecule has 0 aliphatic carbocycles. The highest BCUT2D eigenvalue weighted by Gasteiger charge is 2.44. The molecule has 4 N–H and O–H groups in total. The summed E-state index contributed by atoms with van der Waals surface area (Å²) in [6, 6.07) is 3.89. The standard InChI is InChI=1S/C17H20N6O4/c24-7-11-13(25)14(26)17(27-11)23-9-22-12-15(20-8-21-16(12)23)19-5-3-10-2-1-4-18-6-10/h1-2,4,6,8-9,11,13-14,17,24-26H,3,5,7H2,(H,19,20,21)/t11-,13-,14-,17-/m1/s1. The molecule has 10 heteroatoms. The number of aromatic nitrogens is 5. The van der Waals surface area contributed by atoms with Crippen molar-refractivity contribution in [3.63, 3.8) is 0 Å². The van der Waals surface area contributed by atoms with Gasteiger partial charge in [0.05, 0.1) is 12.9 Å². The third kappa shape index (κ3) is 3.35. The molecule has 3 aromatic heterocycles. The van der Waals surface area contributed by atoms with Gasteiger partial charge in [0.15, 0.2) is 23.2 Å². The quantitative estimate of drug-likeness (QED) is 0.450. The Kier molecular flexibility index (Phi) is 4.94. The van der Waals surface area contributed by atoms with Crippen LogP contribution in [0.5, 0.6) is 0 Å². The lowest BCUT2D eigenvalue weighted by Gasteiger charge is -2.16. The molecule has 0 spiro atoms. The van der Waals surface area contributed by atoms with E-state index in [-0.39, 0.29) is 0 Å². The predicted octanol–water partition coefficient (Wildman–Crippen LogP) is -0.513. The SMILES string of the molecule is OC[C@H]1O[C@@H](n2cnc3c(NCCc4cccnc4)ncnc32)[C@H](O)[C@@H]1O. The number of nitrogens with one attached hydrogen (secondary N) is 1. The normalized spacial score (nSPS) is 25.1. The second kappa shape index (κ2) is 7.53. The molecule has 1 saturated heterocycles. The van der Waals surface area contributed by atoms with Crippen molar-refractivity contribution in [3.05, 3.63) is 42.7 Å². The average molecular weight is 372 g/mol. The van der Waals surface area contributed by atoms with Gasteiger partial charge >= 0.3 is 0 Å². The first-order valence-corrected chi connectivity index (χ1v) is 8.62. The molecule has 142 valence electrons. The molecule has 0 bridgehead atoms. The van der Waals surface area contributed by atoms with Crippen LogP contribution in [-0.4, -0.2) is 71.3 Å². The molecule has 4 rings (SSSR count). The maximum Gasteiger partial charge on any atom is 0.167 e. The number of aliphatic hydroxyl groups excluding tert-OH is 3. The number of rotatable bonds is 6. The first-order valence-electron chi connectivity index (χ1n) is 8.62. The van der Waals surface area contributed by atoms with Gasteiger partial charge in [-0.1, -0.05) is 6.07 Å². The van der Waals surface area contributed by atoms with Crippen LogP contribution in [0.4, 0.5) is 5.82 Å². The molecule has 0 radical (unpaired) electrons. The molecule has 4 atom stereocenters. The highest BCUT2D eigenvalue weighted by Crippen LogP contribution is 2.32. The molecule has 0 aromatic carbocycles. The predicted molar refractivity (Wildman–Crippen MR) is 94.8 cm³/mol. The smallest absolute Gasteiger partial charge is 0.167 e. The zero-order valence-corrected chi connectivity index (χ0v) is 14.4. The van der Waals surface area contributed by atoms with E-state index >= 15 is 0 Å². The van der Waals surface area contributed by atoms with Crippen molar-refractivity contribution in [1.82, 2.24) is 24.5 Å². The fraction of sp³-hybridized carbons (Fsp3) is 0.412. The molecule has 1 aliphatic heterocycles. The number of anilines is 1. The van der Waals surface area contributed by atoms with Crippen LogP contribution in [0.2, 0.25) is 0 Å². The van der Waals surface area contributed by atoms with Gasteiger partial charge in [-0.25, -0.2) is 15.0 Å². The van der Waals surface area contributed by atoms with Gasteiger partial charge < -0.3 is 25.4 Å². The Balaban J connectivity index is 1.53. The van der Waals surface area contributed by atoms with Gasteiger partial charge in [-0.3, -0.25) is 9.55 Å². The maximum atomic E-state index is 10.2. The topological polar surface area (TPSA) is 138 Å². The number of pyridine rings is 1. The Morgan fingerprint density at radius 1 is 1.19 bits per heavy atom. The fourth-order valence-corrected chi connectivity index (χ4v) is 3.15. The monoisotopic (exact) mass is 372 g/mol. The minimum Gasteiger partial charge on any atom is -0.394 e. The van der Waals surface area contributed by atoms with Crippen LogP contribution in [0.1, 0.15) is 11.8 Å². The van der Waals surface area contributed by atoms with E-state index in [9.17, 15) is 15.3 Å². The molecule has 0 saturated carbocycles. The number of hydrogen-bond acceptors (Lipinski definition) is 9. The van der Waals surface area contributed by atoms with Gasteiger partial charge in [0.1, 0.15) is 24.6 Å². The zero-order valence-electron chi connectivity index (χ0n) is 14.4. The molecule has 0 unspecified atom stereocenters. The van der Waals surface area contributed by atoms with Crippen molar-refractivity contribution in [2.24, 2.45) is 0 Å². The van der Waals surface area contributed by atoms with E-state index in [0.717, 1.165) is 12.0 Å². The van der Waals surface area contributed by atoms with Crippen LogP contribution in [0.3, 0.4) is 0 Å². The Labute approximate surface area is 154 Å². The second-order valence-electron chi connectivity index (χ2n) is 6.31. The molecule has 0 amide bonds. The first-order chi connectivity index (χ1) is 13.2. The van der Waals surface area contributed by atoms with Gasteiger partial charge in [0.25, 0.3) is 0 Å². The van der Waals surface area contributed by atoms with E-state index in [2.05, 4.69) is 25.3 Å². The maximum absolute atomic E-state index is 10.2.